The summed E-state index contributed by atoms with van der Waals surface area (Å²) in [6, 6.07) is 7.29. The van der Waals surface area contributed by atoms with Crippen molar-refractivity contribution in [1.82, 2.24) is 14.5 Å². The van der Waals surface area contributed by atoms with Gasteiger partial charge in [0, 0.05) is 38.3 Å². The zero-order valence-corrected chi connectivity index (χ0v) is 13.6. The first-order valence-electron chi connectivity index (χ1n) is 7.01. The molecule has 0 bridgehead atoms. The lowest BCUT2D eigenvalue weighted by Crippen LogP contribution is -2.52. The Hall–Kier alpha value is -1.80. The normalized spacial score (nSPS) is 16.4. The van der Waals surface area contributed by atoms with Gasteiger partial charge in [-0.2, -0.15) is 4.31 Å². The monoisotopic (exact) mass is 327 g/mol. The number of carbonyl (C=O) groups excluding carboxylic acids is 1. The van der Waals surface area contributed by atoms with Crippen LogP contribution in [0.3, 0.4) is 0 Å². The fourth-order valence-electron chi connectivity index (χ4n) is 2.35. The van der Waals surface area contributed by atoms with Crippen molar-refractivity contribution in [2.75, 3.05) is 39.5 Å². The van der Waals surface area contributed by atoms with Gasteiger partial charge in [-0.05, 0) is 6.07 Å². The van der Waals surface area contributed by atoms with E-state index in [1.807, 2.05) is 24.3 Å². The summed E-state index contributed by atoms with van der Waals surface area (Å²) in [5.74, 6) is 0.727. The third-order valence-electron chi connectivity index (χ3n) is 3.62. The molecule has 8 heteroatoms. The topological polar surface area (TPSA) is 79.0 Å². The number of amides is 2. The van der Waals surface area contributed by atoms with E-state index in [9.17, 15) is 13.2 Å². The third kappa shape index (κ3) is 4.11. The van der Waals surface area contributed by atoms with Gasteiger partial charge in [0.1, 0.15) is 5.75 Å². The van der Waals surface area contributed by atoms with E-state index in [1.54, 1.807) is 12.0 Å². The van der Waals surface area contributed by atoms with Gasteiger partial charge in [0.15, 0.2) is 0 Å². The molecule has 7 nitrogen and oxygen atoms in total. The van der Waals surface area contributed by atoms with Crippen molar-refractivity contribution in [3.63, 3.8) is 0 Å². The Morgan fingerprint density at radius 2 is 1.86 bits per heavy atom. The number of benzene rings is 1. The van der Waals surface area contributed by atoms with Crippen LogP contribution in [0, 0.1) is 0 Å². The maximum Gasteiger partial charge on any atom is 0.317 e. The Labute approximate surface area is 130 Å². The Morgan fingerprint density at radius 3 is 2.45 bits per heavy atom. The number of carbonyl (C=O) groups is 1. The highest BCUT2D eigenvalue weighted by Crippen LogP contribution is 2.16. The van der Waals surface area contributed by atoms with E-state index in [0.717, 1.165) is 11.3 Å². The Kier molecular flexibility index (Phi) is 5.25. The smallest absolute Gasteiger partial charge is 0.317 e. The van der Waals surface area contributed by atoms with Crippen LogP contribution >= 0.6 is 0 Å². The summed E-state index contributed by atoms with van der Waals surface area (Å²) in [4.78, 5) is 13.8. The van der Waals surface area contributed by atoms with Gasteiger partial charge in [-0.15, -0.1) is 0 Å². The first kappa shape index (κ1) is 16.6. The second-order valence-corrected chi connectivity index (χ2v) is 7.10. The molecular weight excluding hydrogens is 306 g/mol. The summed E-state index contributed by atoms with van der Waals surface area (Å²) >= 11 is 0. The highest BCUT2D eigenvalue weighted by molar-refractivity contribution is 7.88. The molecule has 2 rings (SSSR count). The minimum absolute atomic E-state index is 0.195. The molecule has 0 unspecified atom stereocenters. The Morgan fingerprint density at radius 1 is 1.23 bits per heavy atom. The SMILES string of the molecule is COc1ccccc1CNC(=O)N1CCN(S(C)(=O)=O)CC1. The third-order valence-corrected chi connectivity index (χ3v) is 4.92. The van der Waals surface area contributed by atoms with Crippen LogP contribution in [0.25, 0.3) is 0 Å². The highest BCUT2D eigenvalue weighted by Gasteiger charge is 2.25. The zero-order chi connectivity index (χ0) is 16.2. The number of nitrogens with zero attached hydrogens (tertiary/aromatic N) is 2. The summed E-state index contributed by atoms with van der Waals surface area (Å²) in [6.45, 7) is 1.83. The molecule has 1 aliphatic heterocycles. The molecule has 22 heavy (non-hydrogen) atoms. The quantitative estimate of drug-likeness (QED) is 0.872. The molecule has 0 spiro atoms. The zero-order valence-electron chi connectivity index (χ0n) is 12.8. The Balaban J connectivity index is 1.86. The number of hydrogen-bond donors (Lipinski definition) is 1. The maximum absolute atomic E-state index is 12.1. The van der Waals surface area contributed by atoms with Gasteiger partial charge < -0.3 is 15.0 Å². The van der Waals surface area contributed by atoms with Crippen molar-refractivity contribution >= 4 is 16.1 Å². The predicted molar refractivity (Wildman–Crippen MR) is 83.2 cm³/mol. The van der Waals surface area contributed by atoms with Gasteiger partial charge in [-0.1, -0.05) is 18.2 Å². The number of rotatable bonds is 4. The first-order valence-corrected chi connectivity index (χ1v) is 8.86. The lowest BCUT2D eigenvalue weighted by molar-refractivity contribution is 0.172. The van der Waals surface area contributed by atoms with Gasteiger partial charge in [0.25, 0.3) is 0 Å². The molecule has 0 saturated carbocycles. The molecule has 0 atom stereocenters. The van der Waals surface area contributed by atoms with E-state index >= 15 is 0 Å². The molecule has 1 saturated heterocycles. The Bertz CT molecular complexity index is 625. The number of ether oxygens (including phenoxy) is 1. The average molecular weight is 327 g/mol. The highest BCUT2D eigenvalue weighted by atomic mass is 32.2. The number of urea groups is 1. The van der Waals surface area contributed by atoms with Crippen molar-refractivity contribution in [1.29, 1.82) is 0 Å². The van der Waals surface area contributed by atoms with E-state index in [1.165, 1.54) is 10.6 Å². The van der Waals surface area contributed by atoms with Gasteiger partial charge in [-0.25, -0.2) is 13.2 Å². The van der Waals surface area contributed by atoms with Crippen LogP contribution in [-0.2, 0) is 16.6 Å². The van der Waals surface area contributed by atoms with E-state index in [2.05, 4.69) is 5.32 Å². The molecule has 122 valence electrons. The van der Waals surface area contributed by atoms with Crippen molar-refractivity contribution < 1.29 is 17.9 Å². The number of para-hydroxylation sites is 1. The second-order valence-electron chi connectivity index (χ2n) is 5.12. The number of piperazine rings is 1. The molecule has 1 N–H and O–H groups in total. The fraction of sp³-hybridized carbons (Fsp3) is 0.500. The van der Waals surface area contributed by atoms with E-state index in [4.69, 9.17) is 4.74 Å². The van der Waals surface area contributed by atoms with Crippen molar-refractivity contribution in [2.24, 2.45) is 0 Å². The van der Waals surface area contributed by atoms with Crippen molar-refractivity contribution in [3.05, 3.63) is 29.8 Å². The second kappa shape index (κ2) is 6.97. The molecule has 1 aromatic rings. The fourth-order valence-corrected chi connectivity index (χ4v) is 3.18. The van der Waals surface area contributed by atoms with Crippen LogP contribution in [0.15, 0.2) is 24.3 Å². The minimum Gasteiger partial charge on any atom is -0.496 e. The number of nitrogens with one attached hydrogen (secondary N) is 1. The van der Waals surface area contributed by atoms with Gasteiger partial charge in [0.05, 0.1) is 13.4 Å². The van der Waals surface area contributed by atoms with Crippen LogP contribution in [0.2, 0.25) is 0 Å². The first-order chi connectivity index (χ1) is 10.4. The molecule has 0 radical (unpaired) electrons. The summed E-state index contributed by atoms with van der Waals surface area (Å²) in [7, 11) is -1.59. The van der Waals surface area contributed by atoms with E-state index < -0.39 is 10.0 Å². The molecule has 0 aromatic heterocycles. The summed E-state index contributed by atoms with van der Waals surface area (Å²) in [5, 5.41) is 2.84. The molecular formula is C14H21N3O4S. The van der Waals surface area contributed by atoms with Gasteiger partial charge in [0.2, 0.25) is 10.0 Å². The van der Waals surface area contributed by atoms with Crippen molar-refractivity contribution in [2.45, 2.75) is 6.54 Å². The standard InChI is InChI=1S/C14H21N3O4S/c1-21-13-6-4-3-5-12(13)11-15-14(18)16-7-9-17(10-8-16)22(2,19)20/h3-6H,7-11H2,1-2H3,(H,15,18). The summed E-state index contributed by atoms with van der Waals surface area (Å²) < 4.78 is 29.5. The summed E-state index contributed by atoms with van der Waals surface area (Å²) in [5.41, 5.74) is 0.896. The molecule has 2 amide bonds. The van der Waals surface area contributed by atoms with Crippen LogP contribution in [0.1, 0.15) is 5.56 Å². The summed E-state index contributed by atoms with van der Waals surface area (Å²) in [6.07, 6.45) is 1.18. The van der Waals surface area contributed by atoms with Crippen LogP contribution in [0.5, 0.6) is 5.75 Å². The minimum atomic E-state index is -3.18. The van der Waals surface area contributed by atoms with Gasteiger partial charge in [-0.3, -0.25) is 0 Å². The number of hydrogen-bond acceptors (Lipinski definition) is 4. The van der Waals surface area contributed by atoms with Crippen LogP contribution in [-0.4, -0.2) is 63.2 Å². The lowest BCUT2D eigenvalue weighted by atomic mass is 10.2. The van der Waals surface area contributed by atoms with Gasteiger partial charge >= 0.3 is 6.03 Å². The van der Waals surface area contributed by atoms with Crippen molar-refractivity contribution in [3.8, 4) is 5.75 Å². The maximum atomic E-state index is 12.1. The molecule has 1 fully saturated rings. The average Bonchev–Trinajstić information content (AvgIpc) is 2.52. The number of methoxy groups -OCH3 is 1. The predicted octanol–water partition coefficient (Wildman–Crippen LogP) is 0.482. The molecule has 1 aliphatic rings. The molecule has 0 aliphatic carbocycles. The lowest BCUT2D eigenvalue weighted by Gasteiger charge is -2.33. The molecule has 1 heterocycles. The largest absolute Gasteiger partial charge is 0.496 e. The molecule has 1 aromatic carbocycles. The van der Waals surface area contributed by atoms with E-state index in [0.29, 0.717) is 32.7 Å². The number of sulfonamides is 1. The van der Waals surface area contributed by atoms with E-state index in [-0.39, 0.29) is 6.03 Å². The van der Waals surface area contributed by atoms with Crippen LogP contribution in [0.4, 0.5) is 4.79 Å². The van der Waals surface area contributed by atoms with Crippen LogP contribution < -0.4 is 10.1 Å².